The second-order valence-electron chi connectivity index (χ2n) is 5.05. The van der Waals surface area contributed by atoms with E-state index < -0.39 is 23.1 Å². The van der Waals surface area contributed by atoms with Gasteiger partial charge >= 0.3 is 5.97 Å². The minimum absolute atomic E-state index is 0.424. The van der Waals surface area contributed by atoms with Crippen LogP contribution in [0.25, 0.3) is 0 Å². The van der Waals surface area contributed by atoms with E-state index in [0.717, 1.165) is 0 Å². The molecule has 14 heavy (non-hydrogen) atoms. The molecule has 4 nitrogen and oxygen atoms in total. The summed E-state index contributed by atoms with van der Waals surface area (Å²) in [4.78, 5) is 10.8. The van der Waals surface area contributed by atoms with Crippen LogP contribution >= 0.6 is 0 Å². The SMILES string of the molecule is CC(C)(CCC(C)(C)C(O)O)C(=O)O. The standard InChI is InChI=1S/C10H20O4/c1-9(2,7(11)12)5-6-10(3,4)8(13)14/h7,11-12H,5-6H2,1-4H3,(H,13,14). The van der Waals surface area contributed by atoms with Crippen LogP contribution in [0.15, 0.2) is 0 Å². The van der Waals surface area contributed by atoms with E-state index in [1.165, 1.54) is 0 Å². The molecule has 0 saturated carbocycles. The van der Waals surface area contributed by atoms with Crippen molar-refractivity contribution >= 4 is 5.97 Å². The van der Waals surface area contributed by atoms with Gasteiger partial charge in [-0.15, -0.1) is 0 Å². The number of rotatable bonds is 5. The third kappa shape index (κ3) is 3.64. The van der Waals surface area contributed by atoms with Crippen LogP contribution < -0.4 is 0 Å². The molecular weight excluding hydrogens is 184 g/mol. The first-order chi connectivity index (χ1) is 6.09. The molecule has 0 rings (SSSR count). The van der Waals surface area contributed by atoms with Crippen molar-refractivity contribution < 1.29 is 20.1 Å². The lowest BCUT2D eigenvalue weighted by Gasteiger charge is -2.30. The zero-order valence-electron chi connectivity index (χ0n) is 9.24. The maximum absolute atomic E-state index is 10.8. The first kappa shape index (κ1) is 13.4. The fourth-order valence-electron chi connectivity index (χ4n) is 0.871. The summed E-state index contributed by atoms with van der Waals surface area (Å²) in [7, 11) is 0. The van der Waals surface area contributed by atoms with Gasteiger partial charge in [0.25, 0.3) is 0 Å². The predicted molar refractivity (Wildman–Crippen MR) is 52.7 cm³/mol. The zero-order chi connectivity index (χ0) is 11.6. The Balaban J connectivity index is 4.25. The molecule has 0 aromatic carbocycles. The Morgan fingerprint density at radius 1 is 1.14 bits per heavy atom. The number of carbonyl (C=O) groups is 1. The lowest BCUT2D eigenvalue weighted by Crippen LogP contribution is -2.32. The summed E-state index contributed by atoms with van der Waals surface area (Å²) in [6, 6.07) is 0. The lowest BCUT2D eigenvalue weighted by atomic mass is 9.79. The Hall–Kier alpha value is -0.610. The maximum Gasteiger partial charge on any atom is 0.309 e. The Bertz CT molecular complexity index is 206. The minimum Gasteiger partial charge on any atom is -0.481 e. The highest BCUT2D eigenvalue weighted by Crippen LogP contribution is 2.32. The molecule has 0 aliphatic heterocycles. The molecule has 0 bridgehead atoms. The number of aliphatic hydroxyl groups excluding tert-OH is 1. The summed E-state index contributed by atoms with van der Waals surface area (Å²) in [5, 5.41) is 26.9. The third-order valence-electron chi connectivity index (χ3n) is 2.67. The Morgan fingerprint density at radius 2 is 1.57 bits per heavy atom. The normalized spacial score (nSPS) is 13.4. The van der Waals surface area contributed by atoms with Crippen LogP contribution in [0, 0.1) is 10.8 Å². The molecule has 0 unspecified atom stereocenters. The highest BCUT2D eigenvalue weighted by molar-refractivity contribution is 5.73. The fraction of sp³-hybridized carbons (Fsp3) is 0.900. The predicted octanol–water partition coefficient (Wildman–Crippen LogP) is 1.21. The van der Waals surface area contributed by atoms with E-state index in [1.807, 2.05) is 0 Å². The monoisotopic (exact) mass is 204 g/mol. The number of hydrogen-bond acceptors (Lipinski definition) is 3. The van der Waals surface area contributed by atoms with Gasteiger partial charge < -0.3 is 15.3 Å². The van der Waals surface area contributed by atoms with Crippen molar-refractivity contribution in [1.29, 1.82) is 0 Å². The van der Waals surface area contributed by atoms with Crippen molar-refractivity contribution in [3.63, 3.8) is 0 Å². The van der Waals surface area contributed by atoms with Crippen molar-refractivity contribution in [2.24, 2.45) is 10.8 Å². The largest absolute Gasteiger partial charge is 0.481 e. The van der Waals surface area contributed by atoms with Gasteiger partial charge in [-0.1, -0.05) is 13.8 Å². The number of carboxylic acid groups (broad SMARTS) is 1. The smallest absolute Gasteiger partial charge is 0.309 e. The van der Waals surface area contributed by atoms with E-state index in [1.54, 1.807) is 27.7 Å². The summed E-state index contributed by atoms with van der Waals surface area (Å²) >= 11 is 0. The number of hydrogen-bond donors (Lipinski definition) is 3. The Morgan fingerprint density at radius 3 is 1.86 bits per heavy atom. The molecule has 0 spiro atoms. The third-order valence-corrected chi connectivity index (χ3v) is 2.67. The summed E-state index contributed by atoms with van der Waals surface area (Å²) < 4.78 is 0. The first-order valence-electron chi connectivity index (χ1n) is 4.69. The number of aliphatic carboxylic acids is 1. The summed E-state index contributed by atoms with van der Waals surface area (Å²) in [6.45, 7) is 6.68. The number of aliphatic hydroxyl groups is 2. The van der Waals surface area contributed by atoms with Gasteiger partial charge in [0.1, 0.15) is 0 Å². The zero-order valence-corrected chi connectivity index (χ0v) is 9.24. The molecular formula is C10H20O4. The Labute approximate surface area is 84.6 Å². The van der Waals surface area contributed by atoms with Crippen LogP contribution in [0.2, 0.25) is 0 Å². The second-order valence-corrected chi connectivity index (χ2v) is 5.05. The molecule has 0 atom stereocenters. The van der Waals surface area contributed by atoms with Gasteiger partial charge in [0.2, 0.25) is 0 Å². The Kier molecular flexibility index (Phi) is 4.09. The van der Waals surface area contributed by atoms with Crippen LogP contribution in [0.4, 0.5) is 0 Å². The van der Waals surface area contributed by atoms with Gasteiger partial charge in [0.05, 0.1) is 5.41 Å². The molecule has 3 N–H and O–H groups in total. The summed E-state index contributed by atoms with van der Waals surface area (Å²) in [6.07, 6.45) is -0.524. The molecule has 84 valence electrons. The van der Waals surface area contributed by atoms with Gasteiger partial charge in [-0.3, -0.25) is 4.79 Å². The summed E-state index contributed by atoms with van der Waals surface area (Å²) in [5.41, 5.74) is -1.47. The highest BCUT2D eigenvalue weighted by atomic mass is 16.5. The van der Waals surface area contributed by atoms with E-state index in [9.17, 15) is 4.79 Å². The molecule has 0 saturated heterocycles. The van der Waals surface area contributed by atoms with Crippen molar-refractivity contribution in [2.75, 3.05) is 0 Å². The van der Waals surface area contributed by atoms with E-state index in [2.05, 4.69) is 0 Å². The number of carboxylic acids is 1. The van der Waals surface area contributed by atoms with Gasteiger partial charge in [-0.25, -0.2) is 0 Å². The molecule has 4 heteroatoms. The maximum atomic E-state index is 10.8. The molecule has 0 aromatic heterocycles. The van der Waals surface area contributed by atoms with E-state index in [-0.39, 0.29) is 0 Å². The molecule has 0 fully saturated rings. The van der Waals surface area contributed by atoms with E-state index in [0.29, 0.717) is 12.8 Å². The van der Waals surface area contributed by atoms with Crippen LogP contribution in [0.3, 0.4) is 0 Å². The first-order valence-corrected chi connectivity index (χ1v) is 4.69. The lowest BCUT2D eigenvalue weighted by molar-refractivity contribution is -0.150. The molecule has 0 aromatic rings. The van der Waals surface area contributed by atoms with E-state index in [4.69, 9.17) is 15.3 Å². The molecule has 0 heterocycles. The fourth-order valence-corrected chi connectivity index (χ4v) is 0.871. The van der Waals surface area contributed by atoms with E-state index >= 15 is 0 Å². The van der Waals surface area contributed by atoms with Crippen LogP contribution in [-0.2, 0) is 4.79 Å². The molecule has 0 amide bonds. The van der Waals surface area contributed by atoms with Crippen molar-refractivity contribution in [1.82, 2.24) is 0 Å². The highest BCUT2D eigenvalue weighted by Gasteiger charge is 2.33. The quantitative estimate of drug-likeness (QED) is 0.588. The minimum atomic E-state index is -1.41. The van der Waals surface area contributed by atoms with Gasteiger partial charge in [-0.2, -0.15) is 0 Å². The molecule has 0 aliphatic carbocycles. The van der Waals surface area contributed by atoms with Gasteiger partial charge in [0, 0.05) is 5.41 Å². The average molecular weight is 204 g/mol. The van der Waals surface area contributed by atoms with Crippen molar-refractivity contribution in [3.05, 3.63) is 0 Å². The molecule has 0 aliphatic rings. The van der Waals surface area contributed by atoms with Gasteiger partial charge in [0.15, 0.2) is 6.29 Å². The van der Waals surface area contributed by atoms with Crippen LogP contribution in [-0.4, -0.2) is 27.6 Å². The molecule has 0 radical (unpaired) electrons. The summed E-state index contributed by atoms with van der Waals surface area (Å²) in [5.74, 6) is -0.860. The van der Waals surface area contributed by atoms with Crippen molar-refractivity contribution in [2.45, 2.75) is 46.8 Å². The van der Waals surface area contributed by atoms with Crippen LogP contribution in [0.5, 0.6) is 0 Å². The van der Waals surface area contributed by atoms with Gasteiger partial charge in [-0.05, 0) is 26.7 Å². The second kappa shape index (κ2) is 4.28. The topological polar surface area (TPSA) is 77.8 Å². The average Bonchev–Trinajstić information content (AvgIpc) is 2.01. The van der Waals surface area contributed by atoms with Crippen LogP contribution in [0.1, 0.15) is 40.5 Å². The van der Waals surface area contributed by atoms with Crippen molar-refractivity contribution in [3.8, 4) is 0 Å².